The molecule has 0 radical (unpaired) electrons. The Kier molecular flexibility index (Phi) is 5.66. The van der Waals surface area contributed by atoms with Crippen molar-refractivity contribution in [2.75, 3.05) is 5.32 Å². The maximum absolute atomic E-state index is 11.1. The van der Waals surface area contributed by atoms with Crippen molar-refractivity contribution in [1.82, 2.24) is 0 Å². The first-order valence-electron chi connectivity index (χ1n) is 5.66. The Bertz CT molecular complexity index is 790. The normalized spacial score (nSPS) is 11.0. The summed E-state index contributed by atoms with van der Waals surface area (Å²) < 4.78 is 0. The van der Waals surface area contributed by atoms with Crippen molar-refractivity contribution in [3.63, 3.8) is 0 Å². The standard InChI is InChI=1S/C14H8ClN5O2/c1-8(21)19-12-5-9(4-11(15)14(12)22)20-13(18-3)6-10(7-16)17-2/h4-6,22H,1H3,(H,19,21). The van der Waals surface area contributed by atoms with Crippen LogP contribution >= 0.6 is 11.6 Å². The zero-order valence-corrected chi connectivity index (χ0v) is 12.0. The molecule has 22 heavy (non-hydrogen) atoms. The third-order valence-electron chi connectivity index (χ3n) is 2.22. The van der Waals surface area contributed by atoms with Crippen LogP contribution in [0.25, 0.3) is 9.69 Å². The average molecular weight is 314 g/mol. The third kappa shape index (κ3) is 4.35. The molecule has 1 rings (SSSR count). The highest BCUT2D eigenvalue weighted by Gasteiger charge is 2.12. The van der Waals surface area contributed by atoms with Gasteiger partial charge in [0.25, 0.3) is 11.5 Å². The molecule has 8 heteroatoms. The van der Waals surface area contributed by atoms with Crippen LogP contribution < -0.4 is 5.32 Å². The summed E-state index contributed by atoms with van der Waals surface area (Å²) in [5, 5.41) is 20.7. The maximum atomic E-state index is 11.1. The number of benzene rings is 1. The summed E-state index contributed by atoms with van der Waals surface area (Å²) in [6, 6.07) is 4.21. The van der Waals surface area contributed by atoms with Crippen LogP contribution in [0.15, 0.2) is 28.9 Å². The van der Waals surface area contributed by atoms with Gasteiger partial charge in [-0.25, -0.2) is 10.1 Å². The topological polar surface area (TPSA) is 94.2 Å². The van der Waals surface area contributed by atoms with Crippen molar-refractivity contribution in [1.29, 1.82) is 5.26 Å². The number of anilines is 1. The number of amidine groups is 1. The van der Waals surface area contributed by atoms with Gasteiger partial charge < -0.3 is 15.3 Å². The SMILES string of the molecule is [C-]#[N+]C(C#N)=CC(=Nc1cc(Cl)c(O)c(NC(C)=O)c1)[N+]#[C-]. The average Bonchev–Trinajstić information content (AvgIpc) is 2.47. The van der Waals surface area contributed by atoms with Gasteiger partial charge in [0.05, 0.1) is 23.4 Å². The van der Waals surface area contributed by atoms with E-state index < -0.39 is 5.91 Å². The van der Waals surface area contributed by atoms with Gasteiger partial charge in [0.1, 0.15) is 0 Å². The molecule has 0 aliphatic heterocycles. The lowest BCUT2D eigenvalue weighted by molar-refractivity contribution is -0.114. The zero-order chi connectivity index (χ0) is 16.7. The molecule has 0 atom stereocenters. The van der Waals surface area contributed by atoms with E-state index >= 15 is 0 Å². The predicted octanol–water partition coefficient (Wildman–Crippen LogP) is 3.28. The Labute approximate surface area is 131 Å². The maximum Gasteiger partial charge on any atom is 0.260 e. The molecule has 0 unspecified atom stereocenters. The minimum atomic E-state index is -0.419. The summed E-state index contributed by atoms with van der Waals surface area (Å²) >= 11 is 5.83. The van der Waals surface area contributed by atoms with Crippen LogP contribution in [-0.4, -0.2) is 16.8 Å². The minimum absolute atomic E-state index is 0.0396. The molecular formula is C14H8ClN5O2. The number of carbonyl (C=O) groups excluding carboxylic acids is 1. The molecule has 0 saturated heterocycles. The van der Waals surface area contributed by atoms with E-state index in [-0.39, 0.29) is 33.7 Å². The Morgan fingerprint density at radius 1 is 1.50 bits per heavy atom. The second kappa shape index (κ2) is 7.44. The van der Waals surface area contributed by atoms with E-state index in [4.69, 9.17) is 30.0 Å². The summed E-state index contributed by atoms with van der Waals surface area (Å²) in [6.45, 7) is 15.0. The van der Waals surface area contributed by atoms with Crippen LogP contribution in [0.2, 0.25) is 5.02 Å². The van der Waals surface area contributed by atoms with Gasteiger partial charge in [0.15, 0.2) is 11.4 Å². The summed E-state index contributed by atoms with van der Waals surface area (Å²) in [5.41, 5.74) is -0.0736. The molecule has 108 valence electrons. The van der Waals surface area contributed by atoms with Crippen LogP contribution in [0.5, 0.6) is 5.75 Å². The van der Waals surface area contributed by atoms with E-state index in [1.165, 1.54) is 19.1 Å². The lowest BCUT2D eigenvalue weighted by Gasteiger charge is -2.06. The number of allylic oxidation sites excluding steroid dienone is 1. The Morgan fingerprint density at radius 2 is 2.18 bits per heavy atom. The number of nitrogens with one attached hydrogen (secondary N) is 1. The van der Waals surface area contributed by atoms with Gasteiger partial charge in [-0.2, -0.15) is 0 Å². The number of phenolic OH excluding ortho intramolecular Hbond substituents is 1. The quantitative estimate of drug-likeness (QED) is 0.295. The number of hydrogen-bond donors (Lipinski definition) is 2. The van der Waals surface area contributed by atoms with Crippen molar-refractivity contribution >= 4 is 34.7 Å². The largest absolute Gasteiger partial charge is 0.504 e. The van der Waals surface area contributed by atoms with Crippen molar-refractivity contribution in [2.45, 2.75) is 6.92 Å². The fourth-order valence-electron chi connectivity index (χ4n) is 1.37. The van der Waals surface area contributed by atoms with E-state index in [1.54, 1.807) is 6.07 Å². The first kappa shape index (κ1) is 16.7. The number of hydrogen-bond acceptors (Lipinski definition) is 4. The van der Waals surface area contributed by atoms with Gasteiger partial charge >= 0.3 is 0 Å². The van der Waals surface area contributed by atoms with Crippen molar-refractivity contribution in [2.24, 2.45) is 4.99 Å². The number of rotatable bonds is 3. The highest BCUT2D eigenvalue weighted by molar-refractivity contribution is 6.33. The van der Waals surface area contributed by atoms with E-state index in [9.17, 15) is 9.90 Å². The van der Waals surface area contributed by atoms with Gasteiger partial charge in [-0.05, 0) is 6.08 Å². The summed E-state index contributed by atoms with van der Waals surface area (Å²) in [4.78, 5) is 21.0. The van der Waals surface area contributed by atoms with E-state index in [0.29, 0.717) is 0 Å². The lowest BCUT2D eigenvalue weighted by atomic mass is 10.2. The monoisotopic (exact) mass is 313 g/mol. The summed E-state index contributed by atoms with van der Waals surface area (Å²) in [7, 11) is 0. The molecule has 0 aliphatic carbocycles. The Morgan fingerprint density at radius 3 is 2.68 bits per heavy atom. The molecule has 1 amide bonds. The Balaban J connectivity index is 3.36. The smallest absolute Gasteiger partial charge is 0.260 e. The molecular weight excluding hydrogens is 306 g/mol. The van der Waals surface area contributed by atoms with Crippen LogP contribution in [0.4, 0.5) is 11.4 Å². The summed E-state index contributed by atoms with van der Waals surface area (Å²) in [5.74, 6) is -0.949. The highest BCUT2D eigenvalue weighted by atomic mass is 35.5. The van der Waals surface area contributed by atoms with E-state index in [0.717, 1.165) is 6.08 Å². The van der Waals surface area contributed by atoms with Gasteiger partial charge in [-0.1, -0.05) is 18.2 Å². The molecule has 1 aromatic carbocycles. The molecule has 0 heterocycles. The molecule has 0 saturated carbocycles. The van der Waals surface area contributed by atoms with Crippen LogP contribution in [0.3, 0.4) is 0 Å². The first-order valence-corrected chi connectivity index (χ1v) is 6.04. The molecule has 0 bridgehead atoms. The van der Waals surface area contributed by atoms with Crippen LogP contribution in [0.1, 0.15) is 6.92 Å². The number of nitrogens with zero attached hydrogens (tertiary/aromatic N) is 4. The van der Waals surface area contributed by atoms with Crippen LogP contribution in [-0.2, 0) is 4.79 Å². The van der Waals surface area contributed by atoms with Gasteiger partial charge in [-0.3, -0.25) is 4.79 Å². The number of phenols is 1. The minimum Gasteiger partial charge on any atom is -0.504 e. The predicted molar refractivity (Wildman–Crippen MR) is 81.4 cm³/mol. The molecule has 0 aromatic heterocycles. The number of carbonyl (C=O) groups is 1. The lowest BCUT2D eigenvalue weighted by Crippen LogP contribution is -2.05. The van der Waals surface area contributed by atoms with Gasteiger partial charge in [-0.15, -0.1) is 4.99 Å². The van der Waals surface area contributed by atoms with Gasteiger partial charge in [0, 0.05) is 19.1 Å². The van der Waals surface area contributed by atoms with E-state index in [2.05, 4.69) is 20.0 Å². The van der Waals surface area contributed by atoms with Crippen molar-refractivity contribution < 1.29 is 9.90 Å². The number of aromatic hydroxyl groups is 1. The molecule has 7 nitrogen and oxygen atoms in total. The molecule has 0 fully saturated rings. The number of halogens is 1. The molecule has 1 aromatic rings. The first-order chi connectivity index (χ1) is 10.4. The number of aliphatic imine (C=N–C) groups is 1. The zero-order valence-electron chi connectivity index (χ0n) is 11.3. The van der Waals surface area contributed by atoms with Crippen molar-refractivity contribution in [3.8, 4) is 11.8 Å². The van der Waals surface area contributed by atoms with Crippen LogP contribution in [0, 0.1) is 24.5 Å². The third-order valence-corrected chi connectivity index (χ3v) is 2.51. The second-order valence-electron chi connectivity index (χ2n) is 3.84. The highest BCUT2D eigenvalue weighted by Crippen LogP contribution is 2.36. The number of amides is 1. The molecule has 2 N–H and O–H groups in total. The van der Waals surface area contributed by atoms with Crippen molar-refractivity contribution in [3.05, 3.63) is 51.8 Å². The second-order valence-corrected chi connectivity index (χ2v) is 4.25. The summed E-state index contributed by atoms with van der Waals surface area (Å²) in [6.07, 6.45) is 1.03. The Hall–Kier alpha value is -3.34. The number of nitriles is 1. The fraction of sp³-hybridized carbons (Fsp3) is 0.0714. The van der Waals surface area contributed by atoms with E-state index in [1.807, 2.05) is 0 Å². The molecule has 0 spiro atoms. The van der Waals surface area contributed by atoms with Gasteiger partial charge in [0.2, 0.25) is 5.91 Å². The fourth-order valence-corrected chi connectivity index (χ4v) is 1.58. The molecule has 0 aliphatic rings.